The van der Waals surface area contributed by atoms with Gasteiger partial charge in [0.2, 0.25) is 0 Å². The Balaban J connectivity index is 0.00000162. The summed E-state index contributed by atoms with van der Waals surface area (Å²) in [7, 11) is 0. The van der Waals surface area contributed by atoms with Crippen molar-refractivity contribution in [1.29, 1.82) is 10.5 Å². The molecule has 0 aliphatic heterocycles. The highest BCUT2D eigenvalue weighted by molar-refractivity contribution is 5.49. The third-order valence-corrected chi connectivity index (χ3v) is 6.65. The van der Waals surface area contributed by atoms with E-state index in [1.54, 1.807) is 0 Å². The number of halogens is 2. The zero-order valence-electron chi connectivity index (χ0n) is 18.2. The van der Waals surface area contributed by atoms with E-state index in [1.165, 1.54) is 22.3 Å². The summed E-state index contributed by atoms with van der Waals surface area (Å²) in [6, 6.07) is 29.1. The molecule has 0 radical (unpaired) electrons. The van der Waals surface area contributed by atoms with E-state index < -0.39 is 0 Å². The van der Waals surface area contributed by atoms with E-state index in [-0.39, 0.29) is 36.6 Å². The number of rotatable bonds is 4. The molecule has 2 N–H and O–H groups in total. The summed E-state index contributed by atoms with van der Waals surface area (Å²) in [6.07, 6.45) is 7.93. The first-order chi connectivity index (χ1) is 15.8. The molecule has 1 saturated carbocycles. The summed E-state index contributed by atoms with van der Waals surface area (Å²) in [5, 5.41) is 18.5. The van der Waals surface area contributed by atoms with Gasteiger partial charge in [-0.1, -0.05) is 24.3 Å². The normalized spacial score (nSPS) is 20.4. The molecule has 5 rings (SSSR count). The van der Waals surface area contributed by atoms with Crippen molar-refractivity contribution in [2.75, 3.05) is 0 Å². The summed E-state index contributed by atoms with van der Waals surface area (Å²) < 4.78 is 0. The molecule has 0 bridgehead atoms. The second-order valence-electron chi connectivity index (χ2n) is 8.24. The average molecular weight is 485 g/mol. The van der Waals surface area contributed by atoms with Gasteiger partial charge >= 0.3 is 0 Å². The quantitative estimate of drug-likeness (QED) is 0.354. The number of aromatic nitrogens is 2. The van der Waals surface area contributed by atoms with Crippen molar-refractivity contribution in [2.45, 2.75) is 23.7 Å². The van der Waals surface area contributed by atoms with E-state index in [2.05, 4.69) is 70.6 Å². The SMILES string of the molecule is N#Cc1ccc([C@@H]2C(c3cc[nH+]cc3)C(c3cc[nH+]cc3)[C@@H]2c2ccc(C#N)cc2)cc1.[Cl-].[Cl-]. The molecule has 6 heteroatoms. The van der Waals surface area contributed by atoms with Crippen LogP contribution in [-0.4, -0.2) is 0 Å². The van der Waals surface area contributed by atoms with Crippen LogP contribution in [0.5, 0.6) is 0 Å². The molecular weight excluding hydrogens is 463 g/mol. The smallest absolute Gasteiger partial charge is 0.167 e. The number of benzene rings is 2. The number of pyridine rings is 2. The second kappa shape index (κ2) is 10.9. The fourth-order valence-corrected chi connectivity index (χ4v) is 5.21. The van der Waals surface area contributed by atoms with Crippen molar-refractivity contribution in [3.05, 3.63) is 131 Å². The van der Waals surface area contributed by atoms with Gasteiger partial charge in [0.1, 0.15) is 0 Å². The molecule has 1 aliphatic rings. The molecular formula is C28H22Cl2N4. The number of nitrogens with one attached hydrogen (secondary N) is 2. The molecule has 2 aromatic carbocycles. The fourth-order valence-electron chi connectivity index (χ4n) is 5.21. The van der Waals surface area contributed by atoms with E-state index >= 15 is 0 Å². The third kappa shape index (κ3) is 4.52. The van der Waals surface area contributed by atoms with Gasteiger partial charge in [0.25, 0.3) is 0 Å². The van der Waals surface area contributed by atoms with Crippen LogP contribution in [-0.2, 0) is 0 Å². The Labute approximate surface area is 211 Å². The highest BCUT2D eigenvalue weighted by atomic mass is 35.5. The minimum atomic E-state index is 0. The lowest BCUT2D eigenvalue weighted by atomic mass is 9.49. The number of hydrogen-bond acceptors (Lipinski definition) is 2. The predicted molar refractivity (Wildman–Crippen MR) is 119 cm³/mol. The van der Waals surface area contributed by atoms with Crippen LogP contribution in [0.4, 0.5) is 0 Å². The predicted octanol–water partition coefficient (Wildman–Crippen LogP) is -1.49. The standard InChI is InChI=1S/C28H20N4.2ClH/c29-17-19-1-5-21(6-2-19)25-26(22-7-3-20(18-30)4-8-22)28(24-11-15-32-16-12-24)27(25)23-9-13-31-14-10-23;;/h1-16,25-28H;2*1H/t25-,26+,27?,28?;;. The molecule has 0 saturated heterocycles. The van der Waals surface area contributed by atoms with Crippen LogP contribution in [0.2, 0.25) is 0 Å². The molecule has 4 aromatic rings. The van der Waals surface area contributed by atoms with Crippen molar-refractivity contribution in [1.82, 2.24) is 0 Å². The van der Waals surface area contributed by atoms with Gasteiger partial charge in [-0.05, 0) is 70.2 Å². The number of nitrogens with zero attached hydrogens (tertiary/aromatic N) is 2. The first-order valence-electron chi connectivity index (χ1n) is 10.7. The van der Waals surface area contributed by atoms with Crippen LogP contribution in [0.15, 0.2) is 97.6 Å². The second-order valence-corrected chi connectivity index (χ2v) is 8.24. The van der Waals surface area contributed by atoms with E-state index in [4.69, 9.17) is 0 Å². The van der Waals surface area contributed by atoms with Crippen LogP contribution in [0.25, 0.3) is 0 Å². The maximum atomic E-state index is 9.26. The lowest BCUT2D eigenvalue weighted by Gasteiger charge is -2.53. The summed E-state index contributed by atoms with van der Waals surface area (Å²) in [5.74, 6) is 1.10. The van der Waals surface area contributed by atoms with Gasteiger partial charge < -0.3 is 24.8 Å². The summed E-state index contributed by atoms with van der Waals surface area (Å²) in [6.45, 7) is 0. The van der Waals surface area contributed by atoms with Crippen LogP contribution in [0.3, 0.4) is 0 Å². The van der Waals surface area contributed by atoms with Crippen LogP contribution >= 0.6 is 0 Å². The van der Waals surface area contributed by atoms with Gasteiger partial charge in [-0.2, -0.15) is 10.5 Å². The molecule has 168 valence electrons. The Morgan fingerprint density at radius 3 is 0.971 bits per heavy atom. The van der Waals surface area contributed by atoms with Gasteiger partial charge in [0, 0.05) is 24.3 Å². The molecule has 1 aliphatic carbocycles. The van der Waals surface area contributed by atoms with Crippen molar-refractivity contribution >= 4 is 0 Å². The van der Waals surface area contributed by atoms with Crippen molar-refractivity contribution in [3.63, 3.8) is 0 Å². The molecule has 1 fully saturated rings. The van der Waals surface area contributed by atoms with Crippen molar-refractivity contribution in [2.24, 2.45) is 0 Å². The van der Waals surface area contributed by atoms with E-state index in [1.807, 2.05) is 49.1 Å². The van der Waals surface area contributed by atoms with E-state index in [0.717, 1.165) is 0 Å². The van der Waals surface area contributed by atoms with Crippen LogP contribution in [0.1, 0.15) is 57.1 Å². The molecule has 2 unspecified atom stereocenters. The van der Waals surface area contributed by atoms with Gasteiger partial charge in [-0.3, -0.25) is 0 Å². The number of hydrogen-bond donors (Lipinski definition) is 0. The Hall–Kier alpha value is -3.70. The largest absolute Gasteiger partial charge is 1.00 e. The zero-order valence-corrected chi connectivity index (χ0v) is 19.7. The molecule has 0 amide bonds. The molecule has 0 spiro atoms. The average Bonchev–Trinajstić information content (AvgIpc) is 2.86. The first kappa shape index (κ1) is 24.9. The maximum absolute atomic E-state index is 9.26. The zero-order chi connectivity index (χ0) is 21.9. The minimum Gasteiger partial charge on any atom is -1.00 e. The van der Waals surface area contributed by atoms with Gasteiger partial charge in [-0.15, -0.1) is 0 Å². The maximum Gasteiger partial charge on any atom is 0.167 e. The van der Waals surface area contributed by atoms with Crippen molar-refractivity contribution < 1.29 is 34.8 Å². The number of nitriles is 2. The molecule has 4 atom stereocenters. The van der Waals surface area contributed by atoms with Gasteiger partial charge in [-0.25, -0.2) is 9.97 Å². The third-order valence-electron chi connectivity index (χ3n) is 6.65. The van der Waals surface area contributed by atoms with Gasteiger partial charge in [0.05, 0.1) is 23.3 Å². The topological polar surface area (TPSA) is 75.9 Å². The Morgan fingerprint density at radius 1 is 0.441 bits per heavy atom. The van der Waals surface area contributed by atoms with Crippen LogP contribution < -0.4 is 34.8 Å². The molecule has 2 heterocycles. The lowest BCUT2D eigenvalue weighted by Crippen LogP contribution is -3.00. The highest BCUT2D eigenvalue weighted by Gasteiger charge is 2.52. The molecule has 34 heavy (non-hydrogen) atoms. The summed E-state index contributed by atoms with van der Waals surface area (Å²) in [5.41, 5.74) is 6.39. The monoisotopic (exact) mass is 484 g/mol. The highest BCUT2D eigenvalue weighted by Crippen LogP contribution is 2.66. The van der Waals surface area contributed by atoms with Gasteiger partial charge in [0.15, 0.2) is 24.8 Å². The van der Waals surface area contributed by atoms with Crippen LogP contribution in [0, 0.1) is 22.7 Å². The lowest BCUT2D eigenvalue weighted by molar-refractivity contribution is -0.378. The Kier molecular flexibility index (Phi) is 8.03. The molecule has 4 nitrogen and oxygen atoms in total. The number of H-pyrrole nitrogens is 2. The Morgan fingerprint density at radius 2 is 0.706 bits per heavy atom. The summed E-state index contributed by atoms with van der Waals surface area (Å²) >= 11 is 0. The van der Waals surface area contributed by atoms with Crippen molar-refractivity contribution in [3.8, 4) is 12.1 Å². The Bertz CT molecular complexity index is 1190. The van der Waals surface area contributed by atoms with E-state index in [9.17, 15) is 10.5 Å². The summed E-state index contributed by atoms with van der Waals surface area (Å²) in [4.78, 5) is 6.29. The number of aromatic amines is 2. The minimum absolute atomic E-state index is 0. The first-order valence-corrected chi connectivity index (χ1v) is 10.7. The fraction of sp³-hybridized carbons (Fsp3) is 0.143. The molecule has 2 aromatic heterocycles. The van der Waals surface area contributed by atoms with E-state index in [0.29, 0.717) is 23.0 Å².